The number of ketones is 1. The van der Waals surface area contributed by atoms with Crippen LogP contribution in [0.3, 0.4) is 0 Å². The molecule has 9 heteroatoms. The van der Waals surface area contributed by atoms with Crippen LogP contribution < -0.4 is 4.72 Å². The highest BCUT2D eigenvalue weighted by atomic mass is 35.5. The van der Waals surface area contributed by atoms with Crippen molar-refractivity contribution in [2.75, 3.05) is 11.8 Å². The van der Waals surface area contributed by atoms with Gasteiger partial charge in [-0.2, -0.15) is 0 Å². The Morgan fingerprint density at radius 1 is 1.17 bits per heavy atom. The zero-order valence-electron chi connectivity index (χ0n) is 20.6. The number of rotatable bonds is 10. The molecule has 0 unspecified atom stereocenters. The topological polar surface area (TPSA) is 97.7 Å². The number of nitrogens with zero attached hydrogens (tertiary/aromatic N) is 2. The summed E-state index contributed by atoms with van der Waals surface area (Å²) in [5.74, 6) is 0.156. The molecule has 0 saturated heterocycles. The molecule has 0 aliphatic heterocycles. The lowest BCUT2D eigenvalue weighted by atomic mass is 9.81. The minimum absolute atomic E-state index is 0.0561. The predicted molar refractivity (Wildman–Crippen MR) is 143 cm³/mol. The molecule has 36 heavy (non-hydrogen) atoms. The molecule has 0 bridgehead atoms. The fourth-order valence-electron chi connectivity index (χ4n) is 3.60. The standard InChI is InChI=1S/C27H28ClN3O4S/c1-18-6-7-20(16-30-18)26(32)24-14-22(28)10-13-25(24)31-36(33,34)23-11-8-21(9-12-23)27(3,4)15-19(2)35-17-29-5/h6-14,16-17,31H,2,15H2,1,3-5H3. The summed E-state index contributed by atoms with van der Waals surface area (Å²) in [6.07, 6.45) is 3.30. The maximum Gasteiger partial charge on any atom is 0.261 e. The van der Waals surface area contributed by atoms with Gasteiger partial charge in [0.15, 0.2) is 12.2 Å². The maximum atomic E-state index is 13.2. The molecule has 3 rings (SSSR count). The molecule has 7 nitrogen and oxygen atoms in total. The van der Waals surface area contributed by atoms with E-state index < -0.39 is 15.8 Å². The van der Waals surface area contributed by atoms with Gasteiger partial charge in [0.2, 0.25) is 0 Å². The molecule has 2 aromatic carbocycles. The summed E-state index contributed by atoms with van der Waals surface area (Å²) in [6.45, 7) is 9.74. The number of aromatic nitrogens is 1. The summed E-state index contributed by atoms with van der Waals surface area (Å²) in [5, 5.41) is 0.309. The summed E-state index contributed by atoms with van der Waals surface area (Å²) in [7, 11) is -2.38. The van der Waals surface area contributed by atoms with Gasteiger partial charge in [-0.15, -0.1) is 0 Å². The molecule has 0 aliphatic rings. The van der Waals surface area contributed by atoms with E-state index in [0.717, 1.165) is 11.3 Å². The summed E-state index contributed by atoms with van der Waals surface area (Å²) in [5.41, 5.74) is 1.90. The first-order valence-corrected chi connectivity index (χ1v) is 12.9. The number of pyridine rings is 1. The predicted octanol–water partition coefficient (Wildman–Crippen LogP) is 5.93. The second-order valence-electron chi connectivity index (χ2n) is 8.92. The molecule has 3 aromatic rings. The molecule has 0 fully saturated rings. The first kappa shape index (κ1) is 27.1. The fraction of sp³-hybridized carbons (Fsp3) is 0.222. The number of ether oxygens (including phenoxy) is 1. The number of halogens is 1. The average molecular weight is 526 g/mol. The summed E-state index contributed by atoms with van der Waals surface area (Å²) in [4.78, 5) is 21.1. The van der Waals surface area contributed by atoms with Gasteiger partial charge in [0.25, 0.3) is 10.0 Å². The smallest absolute Gasteiger partial charge is 0.261 e. The van der Waals surface area contributed by atoms with Gasteiger partial charge in [-0.1, -0.05) is 44.2 Å². The SMILES string of the molecule is C=C(CC(C)(C)c1ccc(S(=O)(=O)Nc2ccc(Cl)cc2C(=O)c2ccc(C)nc2)cc1)OC=NC. The van der Waals surface area contributed by atoms with Crippen LogP contribution >= 0.6 is 11.6 Å². The van der Waals surface area contributed by atoms with Gasteiger partial charge < -0.3 is 4.74 Å². The van der Waals surface area contributed by atoms with Crippen LogP contribution in [0.2, 0.25) is 5.02 Å². The maximum absolute atomic E-state index is 13.2. The van der Waals surface area contributed by atoms with Crippen LogP contribution in [0.15, 0.2) is 83.0 Å². The quantitative estimate of drug-likeness (QED) is 0.153. The minimum atomic E-state index is -3.99. The molecule has 0 radical (unpaired) electrons. The highest BCUT2D eigenvalue weighted by Gasteiger charge is 2.25. The third-order valence-corrected chi connectivity index (χ3v) is 7.17. The van der Waals surface area contributed by atoms with Crippen molar-refractivity contribution < 1.29 is 17.9 Å². The third kappa shape index (κ3) is 6.59. The number of aryl methyl sites for hydroxylation is 1. The van der Waals surface area contributed by atoms with Gasteiger partial charge in [-0.3, -0.25) is 19.5 Å². The van der Waals surface area contributed by atoms with Crippen molar-refractivity contribution in [2.45, 2.75) is 37.5 Å². The Bertz CT molecular complexity index is 1400. The van der Waals surface area contributed by atoms with Gasteiger partial charge in [0.1, 0.15) is 0 Å². The minimum Gasteiger partial charge on any atom is -0.451 e. The summed E-state index contributed by atoms with van der Waals surface area (Å²) >= 11 is 6.12. The fourth-order valence-corrected chi connectivity index (χ4v) is 4.86. The molecule has 1 N–H and O–H groups in total. The number of allylic oxidation sites excluding steroid dienone is 1. The number of sulfonamides is 1. The van der Waals surface area contributed by atoms with Crippen molar-refractivity contribution in [1.82, 2.24) is 4.98 Å². The molecular weight excluding hydrogens is 498 g/mol. The lowest BCUT2D eigenvalue weighted by Crippen LogP contribution is -2.19. The zero-order valence-corrected chi connectivity index (χ0v) is 22.2. The van der Waals surface area contributed by atoms with Crippen LogP contribution in [0.5, 0.6) is 0 Å². The van der Waals surface area contributed by atoms with Crippen LogP contribution in [-0.2, 0) is 20.2 Å². The number of nitrogens with one attached hydrogen (secondary N) is 1. The van der Waals surface area contributed by atoms with Gasteiger partial charge in [0, 0.05) is 41.5 Å². The first-order chi connectivity index (χ1) is 16.9. The van der Waals surface area contributed by atoms with E-state index in [1.807, 2.05) is 20.8 Å². The second kappa shape index (κ2) is 11.1. The Morgan fingerprint density at radius 3 is 2.47 bits per heavy atom. The second-order valence-corrected chi connectivity index (χ2v) is 11.0. The van der Waals surface area contributed by atoms with Gasteiger partial charge >= 0.3 is 0 Å². The molecule has 0 amide bonds. The third-order valence-electron chi connectivity index (χ3n) is 5.55. The van der Waals surface area contributed by atoms with Crippen LogP contribution in [0, 0.1) is 6.92 Å². The average Bonchev–Trinajstić information content (AvgIpc) is 2.83. The van der Waals surface area contributed by atoms with E-state index in [-0.39, 0.29) is 21.6 Å². The van der Waals surface area contributed by atoms with Crippen molar-refractivity contribution in [3.05, 3.63) is 101 Å². The molecule has 0 saturated carbocycles. The largest absolute Gasteiger partial charge is 0.451 e. The van der Waals surface area contributed by atoms with E-state index in [0.29, 0.717) is 22.8 Å². The number of aliphatic imine (C=N–C) groups is 1. The first-order valence-electron chi connectivity index (χ1n) is 11.1. The van der Waals surface area contributed by atoms with Crippen LogP contribution in [0.4, 0.5) is 5.69 Å². The lowest BCUT2D eigenvalue weighted by molar-refractivity contribution is 0.103. The van der Waals surface area contributed by atoms with E-state index in [2.05, 4.69) is 21.3 Å². The lowest BCUT2D eigenvalue weighted by Gasteiger charge is -2.26. The van der Waals surface area contributed by atoms with Gasteiger partial charge in [-0.25, -0.2) is 8.42 Å². The number of hydrogen-bond acceptors (Lipinski definition) is 6. The Kier molecular flexibility index (Phi) is 8.32. The van der Waals surface area contributed by atoms with Crippen molar-refractivity contribution in [2.24, 2.45) is 4.99 Å². The molecule has 0 spiro atoms. The van der Waals surface area contributed by atoms with Crippen molar-refractivity contribution in [1.29, 1.82) is 0 Å². The Hall–Kier alpha value is -3.49. The van der Waals surface area contributed by atoms with Gasteiger partial charge in [0.05, 0.1) is 16.3 Å². The van der Waals surface area contributed by atoms with E-state index in [9.17, 15) is 13.2 Å². The normalized spacial score (nSPS) is 11.9. The molecule has 1 heterocycles. The number of benzene rings is 2. The number of hydrogen-bond donors (Lipinski definition) is 1. The summed E-state index contributed by atoms with van der Waals surface area (Å²) in [6, 6.07) is 14.3. The monoisotopic (exact) mass is 525 g/mol. The molecule has 0 atom stereocenters. The summed E-state index contributed by atoms with van der Waals surface area (Å²) < 4.78 is 34.2. The number of anilines is 1. The van der Waals surface area contributed by atoms with Crippen molar-refractivity contribution in [3.63, 3.8) is 0 Å². The molecule has 0 aliphatic carbocycles. The Morgan fingerprint density at radius 2 is 1.86 bits per heavy atom. The van der Waals surface area contributed by atoms with E-state index in [1.54, 1.807) is 31.3 Å². The van der Waals surface area contributed by atoms with E-state index in [1.165, 1.54) is 42.9 Å². The van der Waals surface area contributed by atoms with Crippen molar-refractivity contribution >= 4 is 39.5 Å². The van der Waals surface area contributed by atoms with Crippen LogP contribution in [0.1, 0.15) is 47.4 Å². The highest BCUT2D eigenvalue weighted by Crippen LogP contribution is 2.32. The van der Waals surface area contributed by atoms with Crippen molar-refractivity contribution in [3.8, 4) is 0 Å². The highest BCUT2D eigenvalue weighted by molar-refractivity contribution is 7.92. The Balaban J connectivity index is 1.86. The Labute approximate surface area is 217 Å². The van der Waals surface area contributed by atoms with Gasteiger partial charge in [-0.05, 0) is 60.4 Å². The van der Waals surface area contributed by atoms with E-state index in [4.69, 9.17) is 16.3 Å². The molecule has 1 aromatic heterocycles. The van der Waals surface area contributed by atoms with Crippen LogP contribution in [0.25, 0.3) is 0 Å². The van der Waals surface area contributed by atoms with E-state index >= 15 is 0 Å². The van der Waals surface area contributed by atoms with Crippen LogP contribution in [-0.4, -0.2) is 32.6 Å². The number of carbonyl (C=O) groups is 1. The molecular formula is C27H28ClN3O4S. The zero-order chi connectivity index (χ0) is 26.5. The number of carbonyl (C=O) groups excluding carboxylic acids is 1. The molecule has 188 valence electrons.